The lowest BCUT2D eigenvalue weighted by Gasteiger charge is -2.17. The van der Waals surface area contributed by atoms with Gasteiger partial charge in [-0.1, -0.05) is 6.07 Å². The maximum atomic E-state index is 5.16. The molecule has 1 N–H and O–H groups in total. The Balaban J connectivity index is 1.54. The third kappa shape index (κ3) is 3.44. The first-order valence-corrected chi connectivity index (χ1v) is 7.53. The monoisotopic (exact) mass is 299 g/mol. The lowest BCUT2D eigenvalue weighted by molar-refractivity contribution is 0.397. The van der Waals surface area contributed by atoms with Gasteiger partial charge in [-0.05, 0) is 30.9 Å². The number of hydrogen-bond acceptors (Lipinski definition) is 6. The van der Waals surface area contributed by atoms with E-state index in [9.17, 15) is 0 Å². The highest BCUT2D eigenvalue weighted by Crippen LogP contribution is 2.22. The van der Waals surface area contributed by atoms with Crippen LogP contribution in [0.25, 0.3) is 0 Å². The number of ether oxygens (including phenoxy) is 1. The molecular weight excluding hydrogens is 278 g/mol. The number of nitrogens with one attached hydrogen (secondary N) is 1. The lowest BCUT2D eigenvalue weighted by Crippen LogP contribution is -2.24. The van der Waals surface area contributed by atoms with Gasteiger partial charge in [0.2, 0.25) is 11.8 Å². The molecule has 1 aliphatic heterocycles. The zero-order valence-electron chi connectivity index (χ0n) is 13.0. The van der Waals surface area contributed by atoms with Crippen LogP contribution in [0.1, 0.15) is 12.0 Å². The largest absolute Gasteiger partial charge is 0.481 e. The van der Waals surface area contributed by atoms with Gasteiger partial charge in [0.05, 0.1) is 7.11 Å². The van der Waals surface area contributed by atoms with Gasteiger partial charge >= 0.3 is 0 Å². The maximum absolute atomic E-state index is 5.16. The third-order valence-corrected chi connectivity index (χ3v) is 3.88. The Labute approximate surface area is 130 Å². The molecule has 1 unspecified atom stereocenters. The molecule has 1 atom stereocenters. The van der Waals surface area contributed by atoms with Gasteiger partial charge in [0.1, 0.15) is 5.82 Å². The molecule has 0 spiro atoms. The van der Waals surface area contributed by atoms with Gasteiger partial charge in [0.25, 0.3) is 0 Å². The van der Waals surface area contributed by atoms with E-state index >= 15 is 0 Å². The van der Waals surface area contributed by atoms with Crippen molar-refractivity contribution in [3.8, 4) is 5.88 Å². The van der Waals surface area contributed by atoms with Gasteiger partial charge in [0, 0.05) is 38.1 Å². The van der Waals surface area contributed by atoms with Crippen LogP contribution in [0.3, 0.4) is 0 Å². The molecule has 6 nitrogen and oxygen atoms in total. The summed E-state index contributed by atoms with van der Waals surface area (Å²) in [5, 5.41) is 3.41. The van der Waals surface area contributed by atoms with E-state index in [1.165, 1.54) is 5.56 Å². The first-order valence-electron chi connectivity index (χ1n) is 7.53. The van der Waals surface area contributed by atoms with E-state index in [-0.39, 0.29) is 0 Å². The van der Waals surface area contributed by atoms with Crippen LogP contribution in [0, 0.1) is 12.8 Å². The second-order valence-corrected chi connectivity index (χ2v) is 5.60. The first kappa shape index (κ1) is 14.6. The van der Waals surface area contributed by atoms with Crippen molar-refractivity contribution >= 4 is 11.8 Å². The van der Waals surface area contributed by atoms with Crippen molar-refractivity contribution < 1.29 is 4.74 Å². The Morgan fingerprint density at radius 1 is 1.32 bits per heavy atom. The number of methoxy groups -OCH3 is 1. The fourth-order valence-corrected chi connectivity index (χ4v) is 2.60. The summed E-state index contributed by atoms with van der Waals surface area (Å²) in [6.45, 7) is 4.88. The van der Waals surface area contributed by atoms with Crippen molar-refractivity contribution in [3.05, 3.63) is 36.2 Å². The summed E-state index contributed by atoms with van der Waals surface area (Å²) >= 11 is 0. The van der Waals surface area contributed by atoms with E-state index < -0.39 is 0 Å². The molecule has 0 bridgehead atoms. The molecule has 1 fully saturated rings. The van der Waals surface area contributed by atoms with Crippen LogP contribution < -0.4 is 15.0 Å². The molecule has 0 saturated carbocycles. The Kier molecular flexibility index (Phi) is 4.37. The lowest BCUT2D eigenvalue weighted by atomic mass is 10.1. The summed E-state index contributed by atoms with van der Waals surface area (Å²) in [6.07, 6.45) is 4.75. The van der Waals surface area contributed by atoms with Crippen molar-refractivity contribution in [2.24, 2.45) is 5.92 Å². The summed E-state index contributed by atoms with van der Waals surface area (Å²) in [5.74, 6) is 2.85. The van der Waals surface area contributed by atoms with Crippen LogP contribution in [-0.4, -0.2) is 41.7 Å². The minimum Gasteiger partial charge on any atom is -0.481 e. The normalized spacial score (nSPS) is 17.5. The van der Waals surface area contributed by atoms with E-state index in [1.807, 2.05) is 19.2 Å². The molecule has 6 heteroatoms. The topological polar surface area (TPSA) is 63.2 Å². The predicted octanol–water partition coefficient (Wildman–Crippen LogP) is 2.13. The minimum absolute atomic E-state index is 0.568. The third-order valence-electron chi connectivity index (χ3n) is 3.88. The number of rotatable bonds is 5. The van der Waals surface area contributed by atoms with Gasteiger partial charge < -0.3 is 15.0 Å². The van der Waals surface area contributed by atoms with Crippen molar-refractivity contribution in [2.75, 3.05) is 37.0 Å². The van der Waals surface area contributed by atoms with E-state index in [0.717, 1.165) is 37.8 Å². The van der Waals surface area contributed by atoms with Gasteiger partial charge in [-0.3, -0.25) is 0 Å². The van der Waals surface area contributed by atoms with Crippen molar-refractivity contribution in [3.63, 3.8) is 0 Å². The van der Waals surface area contributed by atoms with E-state index in [2.05, 4.69) is 31.2 Å². The summed E-state index contributed by atoms with van der Waals surface area (Å²) in [6, 6.07) is 5.86. The fraction of sp³-hybridized carbons (Fsp3) is 0.438. The average molecular weight is 299 g/mol. The SMILES string of the molecule is COc1ccnc(N2CCC(CNc3ccc(C)cn3)C2)n1. The number of anilines is 2. The second kappa shape index (κ2) is 6.60. The number of aryl methyl sites for hydroxylation is 1. The van der Waals surface area contributed by atoms with Gasteiger partial charge in [-0.2, -0.15) is 4.98 Å². The van der Waals surface area contributed by atoms with Gasteiger partial charge in [-0.25, -0.2) is 9.97 Å². The molecule has 116 valence electrons. The average Bonchev–Trinajstić information content (AvgIpc) is 3.03. The van der Waals surface area contributed by atoms with Gasteiger partial charge in [0.15, 0.2) is 0 Å². The fourth-order valence-electron chi connectivity index (χ4n) is 2.60. The molecule has 3 rings (SSSR count). The van der Waals surface area contributed by atoms with E-state index in [1.54, 1.807) is 19.4 Å². The molecule has 0 aromatic carbocycles. The summed E-state index contributed by atoms with van der Waals surface area (Å²) in [5.41, 5.74) is 1.17. The molecule has 0 amide bonds. The van der Waals surface area contributed by atoms with Gasteiger partial charge in [-0.15, -0.1) is 0 Å². The number of pyridine rings is 1. The van der Waals surface area contributed by atoms with Crippen LogP contribution in [0.15, 0.2) is 30.6 Å². The zero-order chi connectivity index (χ0) is 15.4. The summed E-state index contributed by atoms with van der Waals surface area (Å²) in [7, 11) is 1.62. The van der Waals surface area contributed by atoms with E-state index in [4.69, 9.17) is 4.74 Å². The number of hydrogen-bond donors (Lipinski definition) is 1. The molecule has 22 heavy (non-hydrogen) atoms. The highest BCUT2D eigenvalue weighted by molar-refractivity contribution is 5.37. The standard InChI is InChI=1S/C16H21N5O/c1-12-3-4-14(18-9-12)19-10-13-6-8-21(11-13)16-17-7-5-15(20-16)22-2/h3-5,7,9,13H,6,8,10-11H2,1-2H3,(H,18,19). The van der Waals surface area contributed by atoms with Crippen LogP contribution in [-0.2, 0) is 0 Å². The van der Waals surface area contributed by atoms with Crippen LogP contribution in [0.4, 0.5) is 11.8 Å². The Hall–Kier alpha value is -2.37. The molecule has 1 aliphatic rings. The summed E-state index contributed by atoms with van der Waals surface area (Å²) in [4.78, 5) is 15.3. The quantitative estimate of drug-likeness (QED) is 0.912. The zero-order valence-corrected chi connectivity index (χ0v) is 13.0. The first-order chi connectivity index (χ1) is 10.7. The second-order valence-electron chi connectivity index (χ2n) is 5.60. The highest BCUT2D eigenvalue weighted by atomic mass is 16.5. The van der Waals surface area contributed by atoms with Crippen molar-refractivity contribution in [1.29, 1.82) is 0 Å². The maximum Gasteiger partial charge on any atom is 0.228 e. The molecule has 2 aromatic rings. The Bertz CT molecular complexity index is 616. The minimum atomic E-state index is 0.568. The number of nitrogens with zero attached hydrogens (tertiary/aromatic N) is 4. The van der Waals surface area contributed by atoms with E-state index in [0.29, 0.717) is 11.8 Å². The predicted molar refractivity (Wildman–Crippen MR) is 86.4 cm³/mol. The number of aromatic nitrogens is 3. The summed E-state index contributed by atoms with van der Waals surface area (Å²) < 4.78 is 5.16. The molecule has 2 aromatic heterocycles. The van der Waals surface area contributed by atoms with Crippen molar-refractivity contribution in [1.82, 2.24) is 15.0 Å². The molecule has 3 heterocycles. The molecule has 1 saturated heterocycles. The van der Waals surface area contributed by atoms with Crippen LogP contribution >= 0.6 is 0 Å². The molecule has 0 aliphatic carbocycles. The van der Waals surface area contributed by atoms with Crippen molar-refractivity contribution in [2.45, 2.75) is 13.3 Å². The smallest absolute Gasteiger partial charge is 0.228 e. The Morgan fingerprint density at radius 2 is 2.23 bits per heavy atom. The van der Waals surface area contributed by atoms with Crippen LogP contribution in [0.2, 0.25) is 0 Å². The molecule has 0 radical (unpaired) electrons. The molecular formula is C16H21N5O. The highest BCUT2D eigenvalue weighted by Gasteiger charge is 2.24. The Morgan fingerprint density at radius 3 is 3.00 bits per heavy atom. The van der Waals surface area contributed by atoms with Crippen LogP contribution in [0.5, 0.6) is 5.88 Å².